The molecular weight excluding hydrogens is 318 g/mol. The third kappa shape index (κ3) is 2.82. The lowest BCUT2D eigenvalue weighted by Gasteiger charge is -2.08. The van der Waals surface area contributed by atoms with Crippen molar-refractivity contribution in [2.45, 2.75) is 13.8 Å². The van der Waals surface area contributed by atoms with E-state index in [1.165, 1.54) is 4.88 Å². The first-order valence-electron chi connectivity index (χ1n) is 6.53. The fraction of sp³-hybridized carbons (Fsp3) is 0.133. The lowest BCUT2D eigenvalue weighted by Crippen LogP contribution is -1.97. The molecule has 0 amide bonds. The monoisotopic (exact) mass is 329 g/mol. The molecule has 0 unspecified atom stereocenters. The van der Waals surface area contributed by atoms with Gasteiger partial charge in [0.25, 0.3) is 0 Å². The Morgan fingerprint density at radius 2 is 2.09 bits per heavy atom. The van der Waals surface area contributed by atoms with Crippen LogP contribution in [0.15, 0.2) is 24.3 Å². The van der Waals surface area contributed by atoms with E-state index in [-0.39, 0.29) is 5.15 Å². The second-order valence-corrected chi connectivity index (χ2v) is 6.45. The van der Waals surface area contributed by atoms with Crippen molar-refractivity contribution in [3.63, 3.8) is 0 Å². The average Bonchev–Trinajstić information content (AvgIpc) is 3.07. The van der Waals surface area contributed by atoms with E-state index in [1.54, 1.807) is 11.3 Å². The van der Waals surface area contributed by atoms with Gasteiger partial charge in [-0.1, -0.05) is 11.6 Å². The van der Waals surface area contributed by atoms with Crippen LogP contribution in [0.4, 0.5) is 11.6 Å². The number of nitrogens with one attached hydrogen (secondary N) is 2. The van der Waals surface area contributed by atoms with Crippen molar-refractivity contribution in [2.75, 3.05) is 5.32 Å². The zero-order valence-electron chi connectivity index (χ0n) is 11.9. The number of aromatic nitrogens is 3. The Kier molecular flexibility index (Phi) is 3.84. The van der Waals surface area contributed by atoms with Gasteiger partial charge < -0.3 is 5.32 Å². The normalized spacial score (nSPS) is 10.5. The molecule has 3 aromatic heterocycles. The van der Waals surface area contributed by atoms with Crippen molar-refractivity contribution >= 4 is 34.6 Å². The first-order chi connectivity index (χ1) is 10.6. The van der Waals surface area contributed by atoms with E-state index in [0.29, 0.717) is 17.2 Å². The summed E-state index contributed by atoms with van der Waals surface area (Å²) in [4.78, 5) is 6.38. The van der Waals surface area contributed by atoms with E-state index >= 15 is 0 Å². The van der Waals surface area contributed by atoms with Gasteiger partial charge in [0.05, 0.1) is 5.56 Å². The van der Waals surface area contributed by atoms with Gasteiger partial charge in [0.1, 0.15) is 17.0 Å². The average molecular weight is 330 g/mol. The van der Waals surface area contributed by atoms with Crippen LogP contribution in [0, 0.1) is 25.2 Å². The standard InChI is InChI=1S/C15H12ClN5S/c1-8-5-14(21-20-8)18-13-6-10(11(7-17)15(16)19-13)12-4-3-9(2)22-12/h3-6H,1-2H3,(H2,18,19,20,21). The van der Waals surface area contributed by atoms with Gasteiger partial charge in [0.15, 0.2) is 5.82 Å². The van der Waals surface area contributed by atoms with Crippen molar-refractivity contribution in [1.29, 1.82) is 5.26 Å². The topological polar surface area (TPSA) is 77.4 Å². The third-order valence-electron chi connectivity index (χ3n) is 3.05. The maximum Gasteiger partial charge on any atom is 0.153 e. The van der Waals surface area contributed by atoms with Crippen LogP contribution < -0.4 is 5.32 Å². The van der Waals surface area contributed by atoms with E-state index in [1.807, 2.05) is 38.1 Å². The highest BCUT2D eigenvalue weighted by molar-refractivity contribution is 7.15. The van der Waals surface area contributed by atoms with Crippen molar-refractivity contribution in [3.8, 4) is 16.5 Å². The SMILES string of the molecule is Cc1cc(Nc2cc(-c3ccc(C)s3)c(C#N)c(Cl)n2)n[nH]1. The van der Waals surface area contributed by atoms with Crippen LogP contribution in [0.5, 0.6) is 0 Å². The molecule has 2 N–H and O–H groups in total. The lowest BCUT2D eigenvalue weighted by molar-refractivity contribution is 1.05. The number of aryl methyl sites for hydroxylation is 2. The number of pyridine rings is 1. The number of hydrogen-bond acceptors (Lipinski definition) is 5. The first-order valence-corrected chi connectivity index (χ1v) is 7.73. The van der Waals surface area contributed by atoms with Crippen LogP contribution in [0.25, 0.3) is 10.4 Å². The fourth-order valence-corrected chi connectivity index (χ4v) is 3.20. The number of aromatic amines is 1. The quantitative estimate of drug-likeness (QED) is 0.697. The van der Waals surface area contributed by atoms with Gasteiger partial charge in [-0.25, -0.2) is 4.98 Å². The van der Waals surface area contributed by atoms with Crippen molar-refractivity contribution in [2.24, 2.45) is 0 Å². The second-order valence-electron chi connectivity index (χ2n) is 4.80. The largest absolute Gasteiger partial charge is 0.323 e. The molecule has 0 aliphatic rings. The Labute approximate surface area is 136 Å². The summed E-state index contributed by atoms with van der Waals surface area (Å²) in [6, 6.07) is 9.81. The lowest BCUT2D eigenvalue weighted by atomic mass is 10.1. The third-order valence-corrected chi connectivity index (χ3v) is 4.36. The maximum atomic E-state index is 9.34. The highest BCUT2D eigenvalue weighted by Gasteiger charge is 2.14. The van der Waals surface area contributed by atoms with Crippen LogP contribution in [0.2, 0.25) is 5.15 Å². The molecule has 3 aromatic rings. The van der Waals surface area contributed by atoms with E-state index < -0.39 is 0 Å². The van der Waals surface area contributed by atoms with Gasteiger partial charge in [-0.2, -0.15) is 10.4 Å². The van der Waals surface area contributed by atoms with Crippen LogP contribution >= 0.6 is 22.9 Å². The summed E-state index contributed by atoms with van der Waals surface area (Å²) in [7, 11) is 0. The van der Waals surface area contributed by atoms with Crippen LogP contribution in [-0.4, -0.2) is 15.2 Å². The second kappa shape index (κ2) is 5.79. The van der Waals surface area contributed by atoms with Gasteiger partial charge in [-0.3, -0.25) is 5.10 Å². The smallest absolute Gasteiger partial charge is 0.153 e. The Morgan fingerprint density at radius 3 is 2.68 bits per heavy atom. The summed E-state index contributed by atoms with van der Waals surface area (Å²) in [5, 5.41) is 19.6. The summed E-state index contributed by atoms with van der Waals surface area (Å²) in [5.74, 6) is 1.20. The molecule has 0 radical (unpaired) electrons. The van der Waals surface area contributed by atoms with Gasteiger partial charge in [-0.15, -0.1) is 11.3 Å². The van der Waals surface area contributed by atoms with Crippen LogP contribution in [0.1, 0.15) is 16.1 Å². The molecule has 0 atom stereocenters. The highest BCUT2D eigenvalue weighted by atomic mass is 35.5. The minimum Gasteiger partial charge on any atom is -0.323 e. The number of rotatable bonds is 3. The van der Waals surface area contributed by atoms with Gasteiger partial charge >= 0.3 is 0 Å². The summed E-state index contributed by atoms with van der Waals surface area (Å²) < 4.78 is 0. The molecule has 0 aliphatic heterocycles. The predicted molar refractivity (Wildman–Crippen MR) is 88.6 cm³/mol. The molecule has 0 saturated heterocycles. The number of nitriles is 1. The molecule has 0 aliphatic carbocycles. The number of thiophene rings is 1. The van der Waals surface area contributed by atoms with Crippen molar-refractivity contribution < 1.29 is 0 Å². The highest BCUT2D eigenvalue weighted by Crippen LogP contribution is 2.34. The van der Waals surface area contributed by atoms with E-state index in [2.05, 4.69) is 26.6 Å². The molecule has 0 spiro atoms. The number of hydrogen-bond donors (Lipinski definition) is 2. The maximum absolute atomic E-state index is 9.34. The molecular formula is C15H12ClN5S. The molecule has 110 valence electrons. The molecule has 0 bridgehead atoms. The number of anilines is 2. The summed E-state index contributed by atoms with van der Waals surface area (Å²) in [6.07, 6.45) is 0. The van der Waals surface area contributed by atoms with Crippen molar-refractivity contribution in [3.05, 3.63) is 45.6 Å². The number of halogens is 1. The molecule has 0 aromatic carbocycles. The zero-order chi connectivity index (χ0) is 15.7. The van der Waals surface area contributed by atoms with E-state index in [0.717, 1.165) is 16.1 Å². The predicted octanol–water partition coefficient (Wildman–Crippen LogP) is 4.42. The number of nitrogens with zero attached hydrogens (tertiary/aromatic N) is 3. The van der Waals surface area contributed by atoms with E-state index in [4.69, 9.17) is 11.6 Å². The molecule has 3 heterocycles. The summed E-state index contributed by atoms with van der Waals surface area (Å²) in [6.45, 7) is 3.94. The molecule has 5 nitrogen and oxygen atoms in total. The molecule has 0 fully saturated rings. The Morgan fingerprint density at radius 1 is 1.27 bits per heavy atom. The molecule has 7 heteroatoms. The van der Waals surface area contributed by atoms with Crippen molar-refractivity contribution in [1.82, 2.24) is 15.2 Å². The van der Waals surface area contributed by atoms with Gasteiger partial charge in [-0.05, 0) is 32.0 Å². The zero-order valence-corrected chi connectivity index (χ0v) is 13.5. The Hall–Kier alpha value is -2.36. The summed E-state index contributed by atoms with van der Waals surface area (Å²) >= 11 is 7.78. The molecule has 3 rings (SSSR count). The Bertz CT molecular complexity index is 874. The van der Waals surface area contributed by atoms with Gasteiger partial charge in [0, 0.05) is 27.1 Å². The minimum atomic E-state index is 0.181. The fourth-order valence-electron chi connectivity index (χ4n) is 2.07. The van der Waals surface area contributed by atoms with E-state index in [9.17, 15) is 5.26 Å². The molecule has 0 saturated carbocycles. The van der Waals surface area contributed by atoms with Gasteiger partial charge in [0.2, 0.25) is 0 Å². The molecule has 22 heavy (non-hydrogen) atoms. The number of H-pyrrole nitrogens is 1. The first kappa shape index (κ1) is 14.6. The van der Waals surface area contributed by atoms with Crippen LogP contribution in [0.3, 0.4) is 0 Å². The minimum absolute atomic E-state index is 0.181. The summed E-state index contributed by atoms with van der Waals surface area (Å²) in [5.41, 5.74) is 2.10. The Balaban J connectivity index is 2.06. The van der Waals surface area contributed by atoms with Crippen LogP contribution in [-0.2, 0) is 0 Å².